The summed E-state index contributed by atoms with van der Waals surface area (Å²) in [6, 6.07) is 2.24. The quantitative estimate of drug-likeness (QED) is 0.607. The molecule has 0 aromatic heterocycles. The first kappa shape index (κ1) is 13.4. The van der Waals surface area contributed by atoms with Gasteiger partial charge in [0.15, 0.2) is 9.84 Å². The fourth-order valence-electron chi connectivity index (χ4n) is 1.19. The van der Waals surface area contributed by atoms with Crippen LogP contribution in [0.1, 0.15) is 5.56 Å². The fourth-order valence-corrected chi connectivity index (χ4v) is 2.07. The summed E-state index contributed by atoms with van der Waals surface area (Å²) in [5.74, 6) is 0. The van der Waals surface area contributed by atoms with Crippen molar-refractivity contribution in [2.45, 2.75) is 11.1 Å². The minimum atomic E-state index is -4.84. The highest BCUT2D eigenvalue weighted by molar-refractivity contribution is 7.90. The summed E-state index contributed by atoms with van der Waals surface area (Å²) in [6.45, 7) is 0. The summed E-state index contributed by atoms with van der Waals surface area (Å²) in [6.07, 6.45) is -3.09. The van der Waals surface area contributed by atoms with Gasteiger partial charge in [0.05, 0.1) is 16.1 Å². The van der Waals surface area contributed by atoms with Crippen molar-refractivity contribution >= 4 is 21.6 Å². The molecule has 1 rings (SSSR count). The van der Waals surface area contributed by atoms with Crippen LogP contribution in [-0.2, 0) is 20.8 Å². The van der Waals surface area contributed by atoms with Gasteiger partial charge in [-0.3, -0.25) is 0 Å². The van der Waals surface area contributed by atoms with E-state index in [-0.39, 0.29) is 5.69 Å². The Bertz CT molecular complexity index is 586. The first-order chi connectivity index (χ1) is 7.66. The number of sulfone groups is 1. The fraction of sp³-hybridized carbons (Fsp3) is 0.222. The molecule has 1 aromatic rings. The van der Waals surface area contributed by atoms with Gasteiger partial charge in [-0.2, -0.15) is 18.2 Å². The van der Waals surface area contributed by atoms with Gasteiger partial charge in [0.1, 0.15) is 0 Å². The zero-order valence-corrected chi connectivity index (χ0v) is 9.26. The van der Waals surface area contributed by atoms with E-state index in [0.29, 0.717) is 12.3 Å². The highest BCUT2D eigenvalue weighted by Crippen LogP contribution is 2.36. The third-order valence-corrected chi connectivity index (χ3v) is 3.00. The average Bonchev–Trinajstić information content (AvgIpc) is 2.15. The molecule has 0 aliphatic carbocycles. The lowest BCUT2D eigenvalue weighted by Crippen LogP contribution is -2.12. The van der Waals surface area contributed by atoms with Crippen LogP contribution in [0.2, 0.25) is 0 Å². The highest BCUT2D eigenvalue weighted by atomic mass is 32.2. The van der Waals surface area contributed by atoms with Crippen LogP contribution in [-0.4, -0.2) is 20.8 Å². The number of isocyanates is 1. The molecule has 0 amide bonds. The van der Waals surface area contributed by atoms with Gasteiger partial charge in [-0.15, -0.1) is 0 Å². The van der Waals surface area contributed by atoms with Crippen LogP contribution in [0.3, 0.4) is 0 Å². The van der Waals surface area contributed by atoms with Crippen molar-refractivity contribution in [1.82, 2.24) is 0 Å². The lowest BCUT2D eigenvalue weighted by molar-refractivity contribution is -0.139. The van der Waals surface area contributed by atoms with E-state index in [9.17, 15) is 26.4 Å². The number of nitrogens with zero attached hydrogens (tertiary/aromatic N) is 1. The topological polar surface area (TPSA) is 63.6 Å². The molecule has 4 nitrogen and oxygen atoms in total. The van der Waals surface area contributed by atoms with Gasteiger partial charge in [-0.05, 0) is 18.2 Å². The maximum Gasteiger partial charge on any atom is 0.417 e. The largest absolute Gasteiger partial charge is 0.417 e. The molecule has 0 fully saturated rings. The Morgan fingerprint density at radius 2 is 1.88 bits per heavy atom. The number of alkyl halides is 3. The van der Waals surface area contributed by atoms with Crippen LogP contribution >= 0.6 is 0 Å². The number of benzene rings is 1. The first-order valence-corrected chi connectivity index (χ1v) is 6.04. The molecule has 0 aliphatic heterocycles. The van der Waals surface area contributed by atoms with Crippen LogP contribution in [0.15, 0.2) is 28.1 Å². The Morgan fingerprint density at radius 3 is 2.29 bits per heavy atom. The van der Waals surface area contributed by atoms with E-state index < -0.39 is 26.5 Å². The zero-order valence-electron chi connectivity index (χ0n) is 8.45. The predicted octanol–water partition coefficient (Wildman–Crippen LogP) is 2.08. The molecule has 92 valence electrons. The predicted molar refractivity (Wildman–Crippen MR) is 52.3 cm³/mol. The van der Waals surface area contributed by atoms with Gasteiger partial charge in [-0.25, -0.2) is 13.2 Å². The molecule has 8 heteroatoms. The van der Waals surface area contributed by atoms with E-state index in [1.54, 1.807) is 0 Å². The molecule has 0 radical (unpaired) electrons. The van der Waals surface area contributed by atoms with Crippen molar-refractivity contribution in [2.24, 2.45) is 4.99 Å². The Hall–Kier alpha value is -1.66. The van der Waals surface area contributed by atoms with E-state index >= 15 is 0 Å². The van der Waals surface area contributed by atoms with Gasteiger partial charge < -0.3 is 0 Å². The maximum absolute atomic E-state index is 12.6. The second kappa shape index (κ2) is 4.31. The van der Waals surface area contributed by atoms with Crippen molar-refractivity contribution in [1.29, 1.82) is 0 Å². The highest BCUT2D eigenvalue weighted by Gasteiger charge is 2.36. The molecule has 17 heavy (non-hydrogen) atoms. The third-order valence-electron chi connectivity index (χ3n) is 1.84. The molecule has 0 bridgehead atoms. The number of hydrogen-bond donors (Lipinski definition) is 0. The summed E-state index contributed by atoms with van der Waals surface area (Å²) in [5.41, 5.74) is -1.66. The molecule has 1 aromatic carbocycles. The molecule has 0 atom stereocenters. The molecule has 0 spiro atoms. The van der Waals surface area contributed by atoms with Gasteiger partial charge >= 0.3 is 6.18 Å². The number of halogens is 3. The van der Waals surface area contributed by atoms with E-state index in [2.05, 4.69) is 4.99 Å². The maximum atomic E-state index is 12.6. The van der Waals surface area contributed by atoms with Crippen molar-refractivity contribution in [3.05, 3.63) is 23.8 Å². The number of rotatable bonds is 2. The van der Waals surface area contributed by atoms with E-state index in [0.717, 1.165) is 18.2 Å². The molecule has 0 aliphatic rings. The Balaban J connectivity index is 3.59. The second-order valence-electron chi connectivity index (χ2n) is 3.15. The molecule has 0 saturated heterocycles. The Kier molecular flexibility index (Phi) is 3.40. The summed E-state index contributed by atoms with van der Waals surface area (Å²) >= 11 is 0. The summed E-state index contributed by atoms with van der Waals surface area (Å²) in [4.78, 5) is 12.1. The summed E-state index contributed by atoms with van der Waals surface area (Å²) in [7, 11) is -4.01. The standard InChI is InChI=1S/C9H6F3NO3S/c1-17(15,16)8-3-2-6(13-5-14)4-7(8)9(10,11)12/h2-4H,1H3. The normalized spacial score (nSPS) is 12.0. The lowest BCUT2D eigenvalue weighted by atomic mass is 10.2. The molecular weight excluding hydrogens is 259 g/mol. The van der Waals surface area contributed by atoms with Gasteiger partial charge in [-0.1, -0.05) is 0 Å². The number of aliphatic imine (C=N–C) groups is 1. The summed E-state index contributed by atoms with van der Waals surface area (Å²) < 4.78 is 60.1. The minimum Gasteiger partial charge on any atom is -0.224 e. The zero-order chi connectivity index (χ0) is 13.3. The lowest BCUT2D eigenvalue weighted by Gasteiger charge is -2.11. The van der Waals surface area contributed by atoms with Gasteiger partial charge in [0.25, 0.3) is 0 Å². The van der Waals surface area contributed by atoms with E-state index in [1.807, 2.05) is 0 Å². The van der Waals surface area contributed by atoms with E-state index in [4.69, 9.17) is 0 Å². The van der Waals surface area contributed by atoms with Crippen LogP contribution in [0, 0.1) is 0 Å². The van der Waals surface area contributed by atoms with Crippen molar-refractivity contribution < 1.29 is 26.4 Å². The SMILES string of the molecule is CS(=O)(=O)c1ccc(N=C=O)cc1C(F)(F)F. The monoisotopic (exact) mass is 265 g/mol. The van der Waals surface area contributed by atoms with Crippen LogP contribution in [0.4, 0.5) is 18.9 Å². The van der Waals surface area contributed by atoms with Crippen molar-refractivity contribution in [3.8, 4) is 0 Å². The molecule has 0 saturated carbocycles. The number of hydrogen-bond acceptors (Lipinski definition) is 4. The van der Waals surface area contributed by atoms with E-state index in [1.165, 1.54) is 0 Å². The minimum absolute atomic E-state index is 0.306. The molecular formula is C9H6F3NO3S. The number of carbonyl (C=O) groups excluding carboxylic acids is 1. The van der Waals surface area contributed by atoms with Crippen molar-refractivity contribution in [2.75, 3.05) is 6.26 Å². The van der Waals surface area contributed by atoms with Gasteiger partial charge in [0, 0.05) is 6.26 Å². The third kappa shape index (κ3) is 3.15. The van der Waals surface area contributed by atoms with Crippen LogP contribution < -0.4 is 0 Å². The Labute approximate surface area is 94.7 Å². The molecule has 0 heterocycles. The average molecular weight is 265 g/mol. The smallest absolute Gasteiger partial charge is 0.224 e. The summed E-state index contributed by atoms with van der Waals surface area (Å²) in [5, 5.41) is 0. The Morgan fingerprint density at radius 1 is 1.29 bits per heavy atom. The molecule has 0 unspecified atom stereocenters. The van der Waals surface area contributed by atoms with Crippen LogP contribution in [0.5, 0.6) is 0 Å². The van der Waals surface area contributed by atoms with Crippen LogP contribution in [0.25, 0.3) is 0 Å². The second-order valence-corrected chi connectivity index (χ2v) is 5.14. The molecule has 0 N–H and O–H groups in total. The first-order valence-electron chi connectivity index (χ1n) is 4.15. The van der Waals surface area contributed by atoms with Gasteiger partial charge in [0.2, 0.25) is 6.08 Å². The van der Waals surface area contributed by atoms with Crippen molar-refractivity contribution in [3.63, 3.8) is 0 Å².